The van der Waals surface area contributed by atoms with Crippen molar-refractivity contribution in [2.75, 3.05) is 39.3 Å². The summed E-state index contributed by atoms with van der Waals surface area (Å²) in [5.41, 5.74) is 0. The number of hydrogen-bond donors (Lipinski definition) is 1. The molecule has 0 bridgehead atoms. The SMILES string of the molecule is CCN(CC)CCNC(=O)C(=O)N1CCCCC1. The van der Waals surface area contributed by atoms with Crippen LogP contribution in [0.5, 0.6) is 0 Å². The Morgan fingerprint density at radius 3 is 2.28 bits per heavy atom. The number of nitrogens with zero attached hydrogens (tertiary/aromatic N) is 2. The lowest BCUT2D eigenvalue weighted by atomic mass is 10.1. The summed E-state index contributed by atoms with van der Waals surface area (Å²) in [4.78, 5) is 27.4. The Kier molecular flexibility index (Phi) is 6.72. The van der Waals surface area contributed by atoms with Gasteiger partial charge in [-0.25, -0.2) is 0 Å². The molecule has 0 radical (unpaired) electrons. The summed E-state index contributed by atoms with van der Waals surface area (Å²) in [6, 6.07) is 0. The number of hydrogen-bond acceptors (Lipinski definition) is 3. The van der Waals surface area contributed by atoms with Crippen LogP contribution in [0.15, 0.2) is 0 Å². The van der Waals surface area contributed by atoms with Gasteiger partial charge in [-0.2, -0.15) is 0 Å². The Morgan fingerprint density at radius 1 is 1.11 bits per heavy atom. The Hall–Kier alpha value is -1.10. The van der Waals surface area contributed by atoms with E-state index in [9.17, 15) is 9.59 Å². The number of likely N-dealkylation sites (N-methyl/N-ethyl adjacent to an activating group) is 1. The van der Waals surface area contributed by atoms with Crippen molar-refractivity contribution in [1.82, 2.24) is 15.1 Å². The maximum absolute atomic E-state index is 11.8. The minimum Gasteiger partial charge on any atom is -0.347 e. The average Bonchev–Trinajstić information content (AvgIpc) is 2.43. The molecule has 1 rings (SSSR count). The number of nitrogens with one attached hydrogen (secondary N) is 1. The van der Waals surface area contributed by atoms with Crippen molar-refractivity contribution in [2.24, 2.45) is 0 Å². The maximum Gasteiger partial charge on any atom is 0.311 e. The zero-order valence-corrected chi connectivity index (χ0v) is 11.6. The number of carbonyl (C=O) groups excluding carboxylic acids is 2. The molecule has 1 heterocycles. The van der Waals surface area contributed by atoms with Crippen molar-refractivity contribution >= 4 is 11.8 Å². The summed E-state index contributed by atoms with van der Waals surface area (Å²) in [6.07, 6.45) is 3.18. The molecule has 2 amide bonds. The van der Waals surface area contributed by atoms with E-state index in [0.717, 1.165) is 52.0 Å². The van der Waals surface area contributed by atoms with Gasteiger partial charge in [-0.15, -0.1) is 0 Å². The first-order chi connectivity index (χ1) is 8.69. The second-order valence-corrected chi connectivity index (χ2v) is 4.64. The van der Waals surface area contributed by atoms with E-state index in [1.54, 1.807) is 4.90 Å². The molecule has 1 aliphatic rings. The number of piperidine rings is 1. The highest BCUT2D eigenvalue weighted by atomic mass is 16.2. The Labute approximate surface area is 110 Å². The highest BCUT2D eigenvalue weighted by molar-refractivity contribution is 6.35. The predicted octanol–water partition coefficient (Wildman–Crippen LogP) is 0.457. The maximum atomic E-state index is 11.8. The first-order valence-corrected chi connectivity index (χ1v) is 6.98. The van der Waals surface area contributed by atoms with Crippen LogP contribution in [-0.2, 0) is 9.59 Å². The molecule has 18 heavy (non-hydrogen) atoms. The van der Waals surface area contributed by atoms with Crippen LogP contribution in [0.25, 0.3) is 0 Å². The monoisotopic (exact) mass is 255 g/mol. The van der Waals surface area contributed by atoms with E-state index < -0.39 is 5.91 Å². The van der Waals surface area contributed by atoms with Crippen LogP contribution < -0.4 is 5.32 Å². The number of rotatable bonds is 5. The first-order valence-electron chi connectivity index (χ1n) is 6.98. The topological polar surface area (TPSA) is 52.7 Å². The van der Waals surface area contributed by atoms with Gasteiger partial charge >= 0.3 is 11.8 Å². The smallest absolute Gasteiger partial charge is 0.311 e. The van der Waals surface area contributed by atoms with E-state index in [4.69, 9.17) is 0 Å². The lowest BCUT2D eigenvalue weighted by Crippen LogP contribution is -2.46. The molecular weight excluding hydrogens is 230 g/mol. The second kappa shape index (κ2) is 8.08. The fourth-order valence-electron chi connectivity index (χ4n) is 2.18. The van der Waals surface area contributed by atoms with Gasteiger partial charge < -0.3 is 15.1 Å². The minimum atomic E-state index is -0.455. The van der Waals surface area contributed by atoms with Crippen LogP contribution in [0, 0.1) is 0 Å². The summed E-state index contributed by atoms with van der Waals surface area (Å²) in [5, 5.41) is 2.71. The molecule has 1 aliphatic heterocycles. The molecule has 0 aromatic rings. The van der Waals surface area contributed by atoms with Crippen molar-refractivity contribution in [2.45, 2.75) is 33.1 Å². The van der Waals surface area contributed by atoms with Gasteiger partial charge in [0.25, 0.3) is 0 Å². The van der Waals surface area contributed by atoms with Gasteiger partial charge in [-0.1, -0.05) is 13.8 Å². The van der Waals surface area contributed by atoms with Gasteiger partial charge in [-0.3, -0.25) is 9.59 Å². The third-order valence-corrected chi connectivity index (χ3v) is 3.45. The third kappa shape index (κ3) is 4.64. The molecule has 5 heteroatoms. The predicted molar refractivity (Wildman–Crippen MR) is 71.2 cm³/mol. The lowest BCUT2D eigenvalue weighted by Gasteiger charge is -2.26. The van der Waals surface area contributed by atoms with Gasteiger partial charge in [0.1, 0.15) is 0 Å². The Morgan fingerprint density at radius 2 is 1.72 bits per heavy atom. The second-order valence-electron chi connectivity index (χ2n) is 4.64. The lowest BCUT2D eigenvalue weighted by molar-refractivity contribution is -0.146. The quantitative estimate of drug-likeness (QED) is 0.726. The molecule has 1 saturated heterocycles. The Bertz CT molecular complexity index is 271. The molecule has 0 aromatic heterocycles. The van der Waals surface area contributed by atoms with E-state index >= 15 is 0 Å². The minimum absolute atomic E-state index is 0.366. The van der Waals surface area contributed by atoms with Crippen molar-refractivity contribution < 1.29 is 9.59 Å². The van der Waals surface area contributed by atoms with E-state index in [-0.39, 0.29) is 5.91 Å². The fourth-order valence-corrected chi connectivity index (χ4v) is 2.18. The summed E-state index contributed by atoms with van der Waals surface area (Å²) in [7, 11) is 0. The summed E-state index contributed by atoms with van der Waals surface area (Å²) < 4.78 is 0. The van der Waals surface area contributed by atoms with Crippen molar-refractivity contribution in [3.05, 3.63) is 0 Å². The number of amides is 2. The van der Waals surface area contributed by atoms with Crippen LogP contribution in [-0.4, -0.2) is 60.9 Å². The first kappa shape index (κ1) is 15.0. The zero-order valence-electron chi connectivity index (χ0n) is 11.6. The molecule has 104 valence electrons. The largest absolute Gasteiger partial charge is 0.347 e. The summed E-state index contributed by atoms with van der Waals surface area (Å²) >= 11 is 0. The zero-order chi connectivity index (χ0) is 13.4. The number of likely N-dealkylation sites (tertiary alicyclic amines) is 1. The van der Waals surface area contributed by atoms with Crippen molar-refractivity contribution in [3.8, 4) is 0 Å². The highest BCUT2D eigenvalue weighted by Gasteiger charge is 2.22. The summed E-state index contributed by atoms with van der Waals surface area (Å²) in [5.74, 6) is -0.821. The van der Waals surface area contributed by atoms with E-state index in [1.165, 1.54) is 0 Å². The average molecular weight is 255 g/mol. The molecule has 0 atom stereocenters. The fraction of sp³-hybridized carbons (Fsp3) is 0.846. The van der Waals surface area contributed by atoms with Gasteiger partial charge in [-0.05, 0) is 32.4 Å². The van der Waals surface area contributed by atoms with Crippen LogP contribution >= 0.6 is 0 Å². The van der Waals surface area contributed by atoms with Gasteiger partial charge in [0.05, 0.1) is 0 Å². The molecule has 1 fully saturated rings. The number of carbonyl (C=O) groups is 2. The molecule has 0 aliphatic carbocycles. The molecule has 0 unspecified atom stereocenters. The molecule has 0 saturated carbocycles. The standard InChI is InChI=1S/C13H25N3O2/c1-3-15(4-2)11-8-14-12(17)13(18)16-9-6-5-7-10-16/h3-11H2,1-2H3,(H,14,17). The van der Waals surface area contributed by atoms with Crippen molar-refractivity contribution in [3.63, 3.8) is 0 Å². The van der Waals surface area contributed by atoms with Gasteiger partial charge in [0.15, 0.2) is 0 Å². The normalized spacial score (nSPS) is 15.8. The van der Waals surface area contributed by atoms with E-state index in [1.807, 2.05) is 0 Å². The van der Waals surface area contributed by atoms with Crippen LogP contribution in [0.1, 0.15) is 33.1 Å². The van der Waals surface area contributed by atoms with Crippen molar-refractivity contribution in [1.29, 1.82) is 0 Å². The molecular formula is C13H25N3O2. The van der Waals surface area contributed by atoms with E-state index in [0.29, 0.717) is 6.54 Å². The van der Waals surface area contributed by atoms with Crippen LogP contribution in [0.2, 0.25) is 0 Å². The molecule has 1 N–H and O–H groups in total. The molecule has 5 nitrogen and oxygen atoms in total. The van der Waals surface area contributed by atoms with Crippen LogP contribution in [0.3, 0.4) is 0 Å². The van der Waals surface area contributed by atoms with Gasteiger partial charge in [0.2, 0.25) is 0 Å². The molecule has 0 aromatic carbocycles. The van der Waals surface area contributed by atoms with Crippen LogP contribution in [0.4, 0.5) is 0 Å². The summed E-state index contributed by atoms with van der Waals surface area (Å²) in [6.45, 7) is 8.89. The Balaban J connectivity index is 2.25. The highest BCUT2D eigenvalue weighted by Crippen LogP contribution is 2.08. The van der Waals surface area contributed by atoms with Gasteiger partial charge in [0, 0.05) is 26.2 Å². The molecule has 0 spiro atoms. The van der Waals surface area contributed by atoms with E-state index in [2.05, 4.69) is 24.1 Å². The third-order valence-electron chi connectivity index (χ3n) is 3.45.